The molecule has 0 amide bonds. The van der Waals surface area contributed by atoms with E-state index in [4.69, 9.17) is 12.6 Å². The van der Waals surface area contributed by atoms with Crippen molar-refractivity contribution in [2.45, 2.75) is 6.42 Å². The first-order chi connectivity index (χ1) is 24.4. The molecule has 0 aliphatic carbocycles. The summed E-state index contributed by atoms with van der Waals surface area (Å²) >= 11 is 0. The van der Waals surface area contributed by atoms with Crippen LogP contribution in [0.3, 0.4) is 0 Å². The lowest BCUT2D eigenvalue weighted by Crippen LogP contribution is -2.10. The normalized spacial score (nSPS) is 14.9. The van der Waals surface area contributed by atoms with Crippen LogP contribution in [-0.2, 0) is 6.42 Å². The SMILES string of the molecule is [B]c1c(O)c(O)c(O)c(/C2=C/C=C\Cc3c(cccc3-c3ccc4ccc5c(-c6cccc7ccccc67)ccc6ccc3c4c65)OC2)c1O. The van der Waals surface area contributed by atoms with Crippen LogP contribution in [0.5, 0.6) is 28.7 Å². The van der Waals surface area contributed by atoms with Crippen molar-refractivity contribution in [1.29, 1.82) is 0 Å². The molecule has 8 aromatic carbocycles. The molecule has 8 aromatic rings. The Morgan fingerprint density at radius 1 is 0.520 bits per heavy atom. The van der Waals surface area contributed by atoms with E-state index >= 15 is 0 Å². The maximum absolute atomic E-state index is 10.7. The first-order valence-electron chi connectivity index (χ1n) is 16.5. The van der Waals surface area contributed by atoms with Crippen molar-refractivity contribution >= 4 is 62.0 Å². The molecule has 0 unspecified atom stereocenters. The molecule has 0 spiro atoms. The molecule has 0 atom stereocenters. The number of hydrogen-bond donors (Lipinski definition) is 4. The van der Waals surface area contributed by atoms with Crippen LogP contribution in [0.15, 0.2) is 127 Å². The zero-order valence-electron chi connectivity index (χ0n) is 26.8. The van der Waals surface area contributed by atoms with Gasteiger partial charge in [0, 0.05) is 11.1 Å². The van der Waals surface area contributed by atoms with Crippen LogP contribution < -0.4 is 10.2 Å². The Kier molecular flexibility index (Phi) is 6.75. The number of benzene rings is 8. The summed E-state index contributed by atoms with van der Waals surface area (Å²) in [6.45, 7) is -0.0407. The quantitative estimate of drug-likeness (QED) is 0.0664. The average molecular weight is 649 g/mol. The van der Waals surface area contributed by atoms with E-state index in [1.807, 2.05) is 24.3 Å². The van der Waals surface area contributed by atoms with Crippen molar-refractivity contribution in [3.63, 3.8) is 0 Å². The standard InChI is InChI=1S/C44H29BO5/c45-40-41(46)39(42(47)44(49)43(40)48)27-8-2-4-11-33-30(13-6-14-36(33)50-23-27)32-20-16-26-17-21-34-31(19-15-25-18-22-35(32)38(26)37(25)34)29-12-5-9-24-7-1-3-10-28(24)29/h1-10,12-22,46-49H,11,23H2/b4-2-,27-8+. The number of allylic oxidation sites excluding steroid dienone is 3. The molecular formula is C44H29BO5. The molecule has 0 fully saturated rings. The molecule has 5 nitrogen and oxygen atoms in total. The first kappa shape index (κ1) is 29.7. The summed E-state index contributed by atoms with van der Waals surface area (Å²) in [7, 11) is 5.82. The molecule has 2 radical (unpaired) electrons. The fourth-order valence-electron chi connectivity index (χ4n) is 7.65. The van der Waals surface area contributed by atoms with E-state index in [-0.39, 0.29) is 12.2 Å². The summed E-state index contributed by atoms with van der Waals surface area (Å²) in [6.07, 6.45) is 6.06. The minimum absolute atomic E-state index is 0.0407. The van der Waals surface area contributed by atoms with Crippen molar-refractivity contribution in [2.24, 2.45) is 0 Å². The Morgan fingerprint density at radius 3 is 1.90 bits per heavy atom. The van der Waals surface area contributed by atoms with Gasteiger partial charge in [0.1, 0.15) is 26.0 Å². The van der Waals surface area contributed by atoms with E-state index in [2.05, 4.69) is 97.1 Å². The second-order valence-corrected chi connectivity index (χ2v) is 12.8. The third-order valence-corrected chi connectivity index (χ3v) is 10.1. The molecule has 0 saturated heterocycles. The van der Waals surface area contributed by atoms with Crippen molar-refractivity contribution < 1.29 is 25.2 Å². The number of fused-ring (bicyclic) bond motifs is 2. The molecule has 1 heterocycles. The maximum atomic E-state index is 10.7. The van der Waals surface area contributed by atoms with Gasteiger partial charge in [-0.2, -0.15) is 0 Å². The molecule has 0 aromatic heterocycles. The van der Waals surface area contributed by atoms with Crippen LogP contribution in [0.2, 0.25) is 0 Å². The highest BCUT2D eigenvalue weighted by atomic mass is 16.5. The van der Waals surface area contributed by atoms with E-state index in [1.54, 1.807) is 6.08 Å². The second kappa shape index (κ2) is 11.4. The highest BCUT2D eigenvalue weighted by Gasteiger charge is 2.24. The third-order valence-electron chi connectivity index (χ3n) is 10.1. The van der Waals surface area contributed by atoms with E-state index in [9.17, 15) is 20.4 Å². The smallest absolute Gasteiger partial charge is 0.200 e. The number of hydrogen-bond acceptors (Lipinski definition) is 5. The van der Waals surface area contributed by atoms with Gasteiger partial charge < -0.3 is 25.2 Å². The lowest BCUT2D eigenvalue weighted by atomic mass is 9.85. The topological polar surface area (TPSA) is 90.2 Å². The Bertz CT molecular complexity index is 2710. The Morgan fingerprint density at radius 2 is 1.14 bits per heavy atom. The van der Waals surface area contributed by atoms with Gasteiger partial charge in [-0.15, -0.1) is 0 Å². The Labute approximate surface area is 289 Å². The van der Waals surface area contributed by atoms with Crippen molar-refractivity contribution in [2.75, 3.05) is 6.61 Å². The van der Waals surface area contributed by atoms with Gasteiger partial charge in [0.25, 0.3) is 0 Å². The van der Waals surface area contributed by atoms with Crippen LogP contribution in [0.1, 0.15) is 11.1 Å². The zero-order chi connectivity index (χ0) is 34.1. The summed E-state index contributed by atoms with van der Waals surface area (Å²) in [5.74, 6) is -2.15. The Hall–Kier alpha value is -6.40. The van der Waals surface area contributed by atoms with E-state index < -0.39 is 28.5 Å². The third kappa shape index (κ3) is 4.42. The lowest BCUT2D eigenvalue weighted by Gasteiger charge is -2.20. The van der Waals surface area contributed by atoms with Crippen LogP contribution in [-0.4, -0.2) is 34.9 Å². The number of phenolic OH excluding ortho intramolecular Hbond substituents is 4. The van der Waals surface area contributed by atoms with E-state index in [1.165, 1.54) is 48.8 Å². The number of ether oxygens (including phenoxy) is 1. The summed E-state index contributed by atoms with van der Waals surface area (Å²) in [4.78, 5) is 0. The predicted octanol–water partition coefficient (Wildman–Crippen LogP) is 9.26. The summed E-state index contributed by atoms with van der Waals surface area (Å²) in [5, 5.41) is 51.3. The predicted molar refractivity (Wildman–Crippen MR) is 203 cm³/mol. The fraction of sp³-hybridized carbons (Fsp3) is 0.0455. The molecule has 0 saturated carbocycles. The first-order valence-corrected chi connectivity index (χ1v) is 16.5. The van der Waals surface area contributed by atoms with Crippen LogP contribution in [0, 0.1) is 0 Å². The maximum Gasteiger partial charge on any atom is 0.200 e. The summed E-state index contributed by atoms with van der Waals surface area (Å²) < 4.78 is 6.37. The summed E-state index contributed by atoms with van der Waals surface area (Å²) in [6, 6.07) is 38.8. The highest BCUT2D eigenvalue weighted by Crippen LogP contribution is 2.46. The van der Waals surface area contributed by atoms with Gasteiger partial charge in [-0.05, 0) is 83.3 Å². The second-order valence-electron chi connectivity index (χ2n) is 12.8. The van der Waals surface area contributed by atoms with Crippen molar-refractivity contribution in [1.82, 2.24) is 0 Å². The highest BCUT2D eigenvalue weighted by molar-refractivity contribution is 6.37. The Balaban J connectivity index is 1.18. The largest absolute Gasteiger partial charge is 0.508 e. The van der Waals surface area contributed by atoms with Gasteiger partial charge in [0.05, 0.1) is 5.56 Å². The fourth-order valence-corrected chi connectivity index (χ4v) is 7.65. The molecule has 4 N–H and O–H groups in total. The minimum atomic E-state index is -0.805. The molecule has 9 rings (SSSR count). The van der Waals surface area contributed by atoms with Gasteiger partial charge in [-0.3, -0.25) is 0 Å². The molecule has 6 heteroatoms. The zero-order valence-corrected chi connectivity index (χ0v) is 26.8. The van der Waals surface area contributed by atoms with E-state index in [0.29, 0.717) is 17.7 Å². The number of aromatic hydroxyl groups is 4. The van der Waals surface area contributed by atoms with Crippen molar-refractivity contribution in [3.8, 4) is 51.0 Å². The molecule has 238 valence electrons. The molecule has 0 bridgehead atoms. The molecular weight excluding hydrogens is 619 g/mol. The average Bonchev–Trinajstić information content (AvgIpc) is 3.26. The van der Waals surface area contributed by atoms with Crippen LogP contribution >= 0.6 is 0 Å². The van der Waals surface area contributed by atoms with Gasteiger partial charge in [-0.25, -0.2) is 0 Å². The van der Waals surface area contributed by atoms with E-state index in [0.717, 1.165) is 22.1 Å². The number of rotatable bonds is 3. The molecule has 1 aliphatic rings. The van der Waals surface area contributed by atoms with Crippen LogP contribution in [0.25, 0.3) is 70.9 Å². The molecule has 50 heavy (non-hydrogen) atoms. The van der Waals surface area contributed by atoms with Gasteiger partial charge >= 0.3 is 0 Å². The lowest BCUT2D eigenvalue weighted by molar-refractivity contribution is 0.355. The monoisotopic (exact) mass is 648 g/mol. The van der Waals surface area contributed by atoms with Crippen molar-refractivity contribution in [3.05, 3.63) is 139 Å². The number of phenols is 4. The van der Waals surface area contributed by atoms with Crippen LogP contribution in [0.4, 0.5) is 0 Å². The summed E-state index contributed by atoms with van der Waals surface area (Å²) in [5.41, 5.74) is 5.39. The van der Waals surface area contributed by atoms with Gasteiger partial charge in [-0.1, -0.05) is 121 Å². The van der Waals surface area contributed by atoms with Gasteiger partial charge in [0.15, 0.2) is 11.5 Å². The minimum Gasteiger partial charge on any atom is -0.508 e. The molecule has 1 aliphatic heterocycles. The van der Waals surface area contributed by atoms with Gasteiger partial charge in [0.2, 0.25) is 5.75 Å².